The molecule has 6 heteroatoms. The number of ether oxygens (including phenoxy) is 1. The molecule has 2 aromatic rings. The van der Waals surface area contributed by atoms with Gasteiger partial charge in [-0.25, -0.2) is 0 Å². The molecule has 2 N–H and O–H groups in total. The normalized spacial score (nSPS) is 16.9. The van der Waals surface area contributed by atoms with Crippen molar-refractivity contribution in [1.82, 2.24) is 5.32 Å². The van der Waals surface area contributed by atoms with Crippen LogP contribution in [-0.2, 0) is 9.53 Å². The van der Waals surface area contributed by atoms with Crippen molar-refractivity contribution in [1.29, 1.82) is 0 Å². The van der Waals surface area contributed by atoms with Crippen LogP contribution in [0.25, 0.3) is 0 Å². The Morgan fingerprint density at radius 1 is 1.17 bits per heavy atom. The third-order valence-corrected chi connectivity index (χ3v) is 4.63. The molecule has 2 aromatic carbocycles. The maximum absolute atomic E-state index is 12.3. The van der Waals surface area contributed by atoms with Gasteiger partial charge < -0.3 is 15.4 Å². The monoisotopic (exact) mass is 364 g/mol. The van der Waals surface area contributed by atoms with E-state index in [2.05, 4.69) is 22.8 Å². The Kier molecular flexibility index (Phi) is 7.59. The molecule has 1 atom stereocenters. The number of carbonyl (C=O) groups excluding carboxylic acids is 1. The van der Waals surface area contributed by atoms with Gasteiger partial charge in [0.05, 0.1) is 24.8 Å². The highest BCUT2D eigenvalue weighted by Gasteiger charge is 2.18. The number of nitrogens with one attached hydrogen (secondary N) is 2. The van der Waals surface area contributed by atoms with Crippen LogP contribution in [0.2, 0.25) is 0 Å². The topological polar surface area (TPSA) is 50.4 Å². The number of hydrogen-bond donors (Lipinski definition) is 2. The molecule has 128 valence electrons. The van der Waals surface area contributed by atoms with E-state index < -0.39 is 0 Å². The lowest BCUT2D eigenvalue weighted by Crippen LogP contribution is -2.40. The zero-order chi connectivity index (χ0) is 15.9. The standard InChI is InChI=1S/C18H20N2O2S.ClH/c21-18(12-14-13-19-10-11-22-14)20-16-8-4-5-9-17(16)23-15-6-2-1-3-7-15;/h1-9,14,19H,10-13H2,(H,20,21);1H. The van der Waals surface area contributed by atoms with Crippen LogP contribution in [0.5, 0.6) is 0 Å². The first kappa shape index (κ1) is 18.8. The van der Waals surface area contributed by atoms with Crippen LogP contribution in [0.1, 0.15) is 6.42 Å². The maximum atomic E-state index is 12.3. The lowest BCUT2D eigenvalue weighted by molar-refractivity contribution is -0.119. The highest BCUT2D eigenvalue weighted by Crippen LogP contribution is 2.33. The predicted molar refractivity (Wildman–Crippen MR) is 100 cm³/mol. The van der Waals surface area contributed by atoms with Gasteiger partial charge in [0.15, 0.2) is 0 Å². The van der Waals surface area contributed by atoms with Crippen molar-refractivity contribution in [2.24, 2.45) is 0 Å². The largest absolute Gasteiger partial charge is 0.375 e. The van der Waals surface area contributed by atoms with Crippen molar-refractivity contribution in [3.63, 3.8) is 0 Å². The summed E-state index contributed by atoms with van der Waals surface area (Å²) in [4.78, 5) is 14.4. The Morgan fingerprint density at radius 2 is 1.92 bits per heavy atom. The minimum absolute atomic E-state index is 0. The van der Waals surface area contributed by atoms with Crippen molar-refractivity contribution in [2.75, 3.05) is 25.0 Å². The molecule has 0 aliphatic carbocycles. The molecule has 1 unspecified atom stereocenters. The summed E-state index contributed by atoms with van der Waals surface area (Å²) in [6.45, 7) is 2.25. The second-order valence-electron chi connectivity index (χ2n) is 5.36. The number of rotatable bonds is 5. The zero-order valence-electron chi connectivity index (χ0n) is 13.2. The Hall–Kier alpha value is -1.53. The second-order valence-corrected chi connectivity index (χ2v) is 6.48. The van der Waals surface area contributed by atoms with Gasteiger partial charge in [-0.15, -0.1) is 12.4 Å². The van der Waals surface area contributed by atoms with E-state index in [0.717, 1.165) is 28.6 Å². The highest BCUT2D eigenvalue weighted by atomic mass is 35.5. The van der Waals surface area contributed by atoms with Crippen LogP contribution in [0.15, 0.2) is 64.4 Å². The minimum Gasteiger partial charge on any atom is -0.375 e. The molecule has 1 aliphatic heterocycles. The first-order chi connectivity index (χ1) is 11.3. The summed E-state index contributed by atoms with van der Waals surface area (Å²) in [5.41, 5.74) is 0.843. The van der Waals surface area contributed by atoms with Crippen LogP contribution >= 0.6 is 24.2 Å². The smallest absolute Gasteiger partial charge is 0.227 e. The van der Waals surface area contributed by atoms with Crippen LogP contribution in [-0.4, -0.2) is 31.7 Å². The number of hydrogen-bond acceptors (Lipinski definition) is 4. The van der Waals surface area contributed by atoms with Crippen molar-refractivity contribution in [3.05, 3.63) is 54.6 Å². The third-order valence-electron chi connectivity index (χ3n) is 3.55. The number of amides is 1. The molecule has 1 heterocycles. The number of anilines is 1. The molecule has 1 amide bonds. The van der Waals surface area contributed by atoms with Gasteiger partial charge in [0.2, 0.25) is 5.91 Å². The van der Waals surface area contributed by atoms with Crippen LogP contribution in [0, 0.1) is 0 Å². The van der Waals surface area contributed by atoms with Gasteiger partial charge in [0.25, 0.3) is 0 Å². The van der Waals surface area contributed by atoms with E-state index in [1.165, 1.54) is 0 Å². The number of carbonyl (C=O) groups is 1. The van der Waals surface area contributed by atoms with Gasteiger partial charge >= 0.3 is 0 Å². The maximum Gasteiger partial charge on any atom is 0.227 e. The van der Waals surface area contributed by atoms with E-state index in [4.69, 9.17) is 4.74 Å². The fraction of sp³-hybridized carbons (Fsp3) is 0.278. The molecule has 1 saturated heterocycles. The molecule has 3 rings (SSSR count). The summed E-state index contributed by atoms with van der Waals surface area (Å²) in [7, 11) is 0. The quantitative estimate of drug-likeness (QED) is 0.851. The summed E-state index contributed by atoms with van der Waals surface area (Å²) in [6, 6.07) is 18.0. The molecule has 0 radical (unpaired) electrons. The summed E-state index contributed by atoms with van der Waals surface area (Å²) in [5.74, 6) is -0.0141. The van der Waals surface area contributed by atoms with Crippen molar-refractivity contribution in [2.45, 2.75) is 22.3 Å². The first-order valence-corrected chi connectivity index (χ1v) is 8.57. The average Bonchev–Trinajstić information content (AvgIpc) is 2.58. The molecular formula is C18H21ClN2O2S. The predicted octanol–water partition coefficient (Wildman–Crippen LogP) is 3.58. The number of para-hydroxylation sites is 1. The lowest BCUT2D eigenvalue weighted by atomic mass is 10.2. The van der Waals surface area contributed by atoms with Crippen LogP contribution in [0.3, 0.4) is 0 Å². The van der Waals surface area contributed by atoms with Gasteiger partial charge in [-0.2, -0.15) is 0 Å². The van der Waals surface area contributed by atoms with Crippen molar-refractivity contribution < 1.29 is 9.53 Å². The Labute approximate surface area is 152 Å². The van der Waals surface area contributed by atoms with Crippen LogP contribution in [0.4, 0.5) is 5.69 Å². The molecular weight excluding hydrogens is 344 g/mol. The van der Waals surface area contributed by atoms with Crippen molar-refractivity contribution in [3.8, 4) is 0 Å². The van der Waals surface area contributed by atoms with Crippen molar-refractivity contribution >= 4 is 35.8 Å². The first-order valence-electron chi connectivity index (χ1n) is 7.75. The average molecular weight is 365 g/mol. The van der Waals surface area contributed by atoms with E-state index in [0.29, 0.717) is 13.0 Å². The van der Waals surface area contributed by atoms with E-state index in [9.17, 15) is 4.79 Å². The Balaban J connectivity index is 0.00000208. The molecule has 0 aromatic heterocycles. The number of benzene rings is 2. The molecule has 1 aliphatic rings. The van der Waals surface area contributed by atoms with Gasteiger partial charge in [-0.3, -0.25) is 4.79 Å². The Bertz CT molecular complexity index is 648. The SMILES string of the molecule is Cl.O=C(CC1CNCCO1)Nc1ccccc1Sc1ccccc1. The van der Waals surface area contributed by atoms with E-state index in [1.807, 2.05) is 42.5 Å². The molecule has 4 nitrogen and oxygen atoms in total. The van der Waals surface area contributed by atoms with Gasteiger partial charge in [0, 0.05) is 22.9 Å². The summed E-state index contributed by atoms with van der Waals surface area (Å²) < 4.78 is 5.58. The molecule has 0 saturated carbocycles. The fourth-order valence-electron chi connectivity index (χ4n) is 2.43. The van der Waals surface area contributed by atoms with E-state index in [1.54, 1.807) is 11.8 Å². The van der Waals surface area contributed by atoms with Gasteiger partial charge in [-0.1, -0.05) is 42.1 Å². The second kappa shape index (κ2) is 9.69. The molecule has 0 spiro atoms. The Morgan fingerprint density at radius 3 is 2.67 bits per heavy atom. The minimum atomic E-state index is -0.0438. The fourth-order valence-corrected chi connectivity index (χ4v) is 3.36. The van der Waals surface area contributed by atoms with E-state index in [-0.39, 0.29) is 24.4 Å². The van der Waals surface area contributed by atoms with Gasteiger partial charge in [0.1, 0.15) is 0 Å². The van der Waals surface area contributed by atoms with Gasteiger partial charge in [-0.05, 0) is 24.3 Å². The summed E-state index contributed by atoms with van der Waals surface area (Å²) >= 11 is 1.64. The highest BCUT2D eigenvalue weighted by molar-refractivity contribution is 7.99. The number of halogens is 1. The lowest BCUT2D eigenvalue weighted by Gasteiger charge is -2.23. The van der Waals surface area contributed by atoms with E-state index >= 15 is 0 Å². The van der Waals surface area contributed by atoms with Crippen LogP contribution < -0.4 is 10.6 Å². The third kappa shape index (κ3) is 5.53. The molecule has 0 bridgehead atoms. The summed E-state index contributed by atoms with van der Waals surface area (Å²) in [6.07, 6.45) is 0.329. The zero-order valence-corrected chi connectivity index (χ0v) is 14.9. The number of morpholine rings is 1. The molecule has 1 fully saturated rings. The summed E-state index contributed by atoms with van der Waals surface area (Å²) in [5, 5.41) is 6.25. The molecule has 24 heavy (non-hydrogen) atoms.